The Morgan fingerprint density at radius 2 is 1.81 bits per heavy atom. The first-order valence-electron chi connectivity index (χ1n) is 9.56. The number of nitrogens with one attached hydrogen (secondary N) is 3. The van der Waals surface area contributed by atoms with E-state index in [0.717, 1.165) is 22.3 Å². The molecule has 3 aromatic heterocycles. The summed E-state index contributed by atoms with van der Waals surface area (Å²) in [6.45, 7) is 1.86. The molecule has 0 saturated heterocycles. The number of hydrogen-bond donors (Lipinski definition) is 3. The number of amides is 3. The Labute approximate surface area is 178 Å². The topological polar surface area (TPSA) is 116 Å². The largest absolute Gasteiger partial charge is 0.331 e. The van der Waals surface area contributed by atoms with Crippen molar-refractivity contribution in [1.82, 2.24) is 25.1 Å². The van der Waals surface area contributed by atoms with Crippen molar-refractivity contribution in [3.8, 4) is 11.1 Å². The number of carbonyl (C=O) groups is 2. The maximum Gasteiger partial charge on any atom is 0.321 e. The fourth-order valence-electron chi connectivity index (χ4n) is 3.08. The van der Waals surface area contributed by atoms with Crippen LogP contribution in [0.1, 0.15) is 16.2 Å². The molecule has 1 aromatic carbocycles. The predicted molar refractivity (Wildman–Crippen MR) is 119 cm³/mol. The van der Waals surface area contributed by atoms with Gasteiger partial charge in [0.1, 0.15) is 0 Å². The summed E-state index contributed by atoms with van der Waals surface area (Å²) in [5.74, 6) is -0.320. The van der Waals surface area contributed by atoms with Crippen LogP contribution in [0.4, 0.5) is 16.2 Å². The van der Waals surface area contributed by atoms with Crippen LogP contribution in [0.25, 0.3) is 22.0 Å². The highest BCUT2D eigenvalue weighted by atomic mass is 16.2. The third-order valence-electron chi connectivity index (χ3n) is 4.66. The molecule has 3 heterocycles. The first kappa shape index (κ1) is 20.0. The molecule has 0 aliphatic heterocycles. The molecule has 0 bridgehead atoms. The molecule has 0 unspecified atom stereocenters. The minimum Gasteiger partial charge on any atom is -0.331 e. The van der Waals surface area contributed by atoms with Gasteiger partial charge in [-0.15, -0.1) is 0 Å². The molecule has 3 amide bonds. The Morgan fingerprint density at radius 3 is 2.58 bits per heavy atom. The number of aromatic nitrogens is 4. The standard InChI is InChI=1S/C22H21N7O2/c1-13-8-16(6-7-24-13)25-21(30)20-18-10-14(4-5-19(18)27-28-20)15-9-17(12-23-11-15)26-22(31)29(2)3/h4-12H,1-3H3,(H,26,31)(H,27,28)(H,24,25,30). The average molecular weight is 415 g/mol. The average Bonchev–Trinajstić information content (AvgIpc) is 3.17. The number of benzene rings is 1. The Morgan fingerprint density at radius 1 is 0.968 bits per heavy atom. The lowest BCUT2D eigenvalue weighted by molar-refractivity contribution is 0.102. The molecule has 0 fully saturated rings. The lowest BCUT2D eigenvalue weighted by Gasteiger charge is -2.12. The monoisotopic (exact) mass is 415 g/mol. The van der Waals surface area contributed by atoms with Gasteiger partial charge in [-0.1, -0.05) is 6.07 Å². The number of hydrogen-bond acceptors (Lipinski definition) is 5. The Balaban J connectivity index is 1.64. The molecule has 0 spiro atoms. The number of carbonyl (C=O) groups excluding carboxylic acids is 2. The Bertz CT molecular complexity index is 1280. The Kier molecular flexibility index (Phi) is 5.31. The van der Waals surface area contributed by atoms with Gasteiger partial charge in [0.2, 0.25) is 0 Å². The highest BCUT2D eigenvalue weighted by Gasteiger charge is 2.16. The third-order valence-corrected chi connectivity index (χ3v) is 4.66. The summed E-state index contributed by atoms with van der Waals surface area (Å²) in [6.07, 6.45) is 4.92. The molecule has 9 nitrogen and oxygen atoms in total. The zero-order valence-corrected chi connectivity index (χ0v) is 17.3. The van der Waals surface area contributed by atoms with Gasteiger partial charge in [-0.05, 0) is 42.8 Å². The van der Waals surface area contributed by atoms with Gasteiger partial charge in [-0.2, -0.15) is 5.10 Å². The number of aromatic amines is 1. The summed E-state index contributed by atoms with van der Waals surface area (Å²) in [5, 5.41) is 13.4. The van der Waals surface area contributed by atoms with E-state index in [0.29, 0.717) is 16.8 Å². The van der Waals surface area contributed by atoms with Gasteiger partial charge in [-0.3, -0.25) is 19.9 Å². The molecule has 0 aliphatic carbocycles. The zero-order chi connectivity index (χ0) is 22.0. The van der Waals surface area contributed by atoms with E-state index >= 15 is 0 Å². The maximum atomic E-state index is 12.8. The highest BCUT2D eigenvalue weighted by molar-refractivity contribution is 6.11. The first-order valence-corrected chi connectivity index (χ1v) is 9.56. The van der Waals surface area contributed by atoms with Crippen LogP contribution < -0.4 is 10.6 Å². The molecule has 4 aromatic rings. The first-order chi connectivity index (χ1) is 14.9. The maximum absolute atomic E-state index is 12.8. The van der Waals surface area contributed by atoms with Crippen LogP contribution in [0.15, 0.2) is 55.0 Å². The van der Waals surface area contributed by atoms with Crippen LogP contribution in [-0.2, 0) is 0 Å². The predicted octanol–water partition coefficient (Wildman–Crippen LogP) is 3.67. The van der Waals surface area contributed by atoms with E-state index < -0.39 is 0 Å². The molecule has 0 aliphatic rings. The molecule has 0 saturated carbocycles. The molecule has 156 valence electrons. The summed E-state index contributed by atoms with van der Waals surface area (Å²) in [4.78, 5) is 34.5. The van der Waals surface area contributed by atoms with Crippen molar-refractivity contribution in [2.45, 2.75) is 6.92 Å². The number of pyridine rings is 2. The minimum atomic E-state index is -0.320. The van der Waals surface area contributed by atoms with E-state index in [9.17, 15) is 9.59 Å². The molecule has 0 radical (unpaired) electrons. The molecule has 31 heavy (non-hydrogen) atoms. The quantitative estimate of drug-likeness (QED) is 0.470. The van der Waals surface area contributed by atoms with E-state index in [-0.39, 0.29) is 17.6 Å². The number of urea groups is 1. The minimum absolute atomic E-state index is 0.241. The van der Waals surface area contributed by atoms with E-state index in [1.807, 2.05) is 31.2 Å². The number of rotatable bonds is 4. The number of nitrogens with zero attached hydrogens (tertiary/aromatic N) is 4. The second-order valence-corrected chi connectivity index (χ2v) is 7.26. The van der Waals surface area contributed by atoms with Gasteiger partial charge >= 0.3 is 6.03 Å². The van der Waals surface area contributed by atoms with Gasteiger partial charge < -0.3 is 15.5 Å². The lowest BCUT2D eigenvalue weighted by atomic mass is 10.0. The summed E-state index contributed by atoms with van der Waals surface area (Å²) < 4.78 is 0. The number of anilines is 2. The third kappa shape index (κ3) is 4.35. The molecule has 0 atom stereocenters. The molecule has 9 heteroatoms. The normalized spacial score (nSPS) is 10.7. The van der Waals surface area contributed by atoms with Crippen molar-refractivity contribution < 1.29 is 9.59 Å². The van der Waals surface area contributed by atoms with E-state index in [4.69, 9.17) is 0 Å². The fourth-order valence-corrected chi connectivity index (χ4v) is 3.08. The second kappa shape index (κ2) is 8.23. The van der Waals surface area contributed by atoms with Crippen LogP contribution in [0.5, 0.6) is 0 Å². The fraction of sp³-hybridized carbons (Fsp3) is 0.136. The SMILES string of the molecule is Cc1cc(NC(=O)c2n[nH]c3ccc(-c4cncc(NC(=O)N(C)C)c4)cc23)ccn1. The second-order valence-electron chi connectivity index (χ2n) is 7.26. The van der Waals surface area contributed by atoms with Crippen molar-refractivity contribution in [2.24, 2.45) is 0 Å². The zero-order valence-electron chi connectivity index (χ0n) is 17.3. The van der Waals surface area contributed by atoms with Gasteiger partial charge in [0.15, 0.2) is 5.69 Å². The van der Waals surface area contributed by atoms with Gasteiger partial charge in [-0.25, -0.2) is 4.79 Å². The van der Waals surface area contributed by atoms with Crippen LogP contribution >= 0.6 is 0 Å². The van der Waals surface area contributed by atoms with Crippen LogP contribution in [0.3, 0.4) is 0 Å². The summed E-state index contributed by atoms with van der Waals surface area (Å²) in [6, 6.07) is 10.7. The van der Waals surface area contributed by atoms with Crippen LogP contribution in [0, 0.1) is 6.92 Å². The smallest absolute Gasteiger partial charge is 0.321 e. The molecular weight excluding hydrogens is 394 g/mol. The van der Waals surface area contributed by atoms with Crippen molar-refractivity contribution in [2.75, 3.05) is 24.7 Å². The summed E-state index contributed by atoms with van der Waals surface area (Å²) >= 11 is 0. The summed E-state index contributed by atoms with van der Waals surface area (Å²) in [5.41, 5.74) is 4.71. The van der Waals surface area contributed by atoms with Gasteiger partial charge in [0.25, 0.3) is 5.91 Å². The lowest BCUT2D eigenvalue weighted by Crippen LogP contribution is -2.27. The highest BCUT2D eigenvalue weighted by Crippen LogP contribution is 2.27. The number of H-pyrrole nitrogens is 1. The van der Waals surface area contributed by atoms with E-state index in [1.54, 1.807) is 44.8 Å². The summed E-state index contributed by atoms with van der Waals surface area (Å²) in [7, 11) is 3.33. The molecule has 4 rings (SSSR count). The van der Waals surface area contributed by atoms with Crippen molar-refractivity contribution in [3.63, 3.8) is 0 Å². The van der Waals surface area contributed by atoms with E-state index in [2.05, 4.69) is 30.8 Å². The number of aryl methyl sites for hydroxylation is 1. The molecule has 3 N–H and O–H groups in total. The van der Waals surface area contributed by atoms with Gasteiger partial charge in [0.05, 0.1) is 17.4 Å². The van der Waals surface area contributed by atoms with E-state index in [1.165, 1.54) is 4.90 Å². The van der Waals surface area contributed by atoms with Crippen molar-refractivity contribution >= 4 is 34.2 Å². The Hall–Kier alpha value is -4.27. The molecular formula is C22H21N7O2. The van der Waals surface area contributed by atoms with Crippen molar-refractivity contribution in [1.29, 1.82) is 0 Å². The number of fused-ring (bicyclic) bond motifs is 1. The van der Waals surface area contributed by atoms with Gasteiger partial charge in [0, 0.05) is 48.8 Å². The van der Waals surface area contributed by atoms with Crippen molar-refractivity contribution in [3.05, 3.63) is 66.4 Å². The van der Waals surface area contributed by atoms with Crippen LogP contribution in [0.2, 0.25) is 0 Å². The van der Waals surface area contributed by atoms with Crippen LogP contribution in [-0.4, -0.2) is 51.1 Å².